The van der Waals surface area contributed by atoms with Gasteiger partial charge in [0.05, 0.1) is 0 Å². The van der Waals surface area contributed by atoms with E-state index in [1.807, 2.05) is 41.4 Å². The molecule has 0 bridgehead atoms. The molecule has 2 aliphatic rings. The van der Waals surface area contributed by atoms with Crippen LogP contribution in [0.1, 0.15) is 12.0 Å². The molecule has 0 saturated carbocycles. The minimum atomic E-state index is 0.190. The summed E-state index contributed by atoms with van der Waals surface area (Å²) in [6.45, 7) is 3.25. The van der Waals surface area contributed by atoms with Gasteiger partial charge in [0.1, 0.15) is 5.82 Å². The van der Waals surface area contributed by atoms with E-state index in [0.29, 0.717) is 25.9 Å². The van der Waals surface area contributed by atoms with E-state index in [2.05, 4.69) is 15.0 Å². The predicted molar refractivity (Wildman–Crippen MR) is 103 cm³/mol. The molecule has 1 amide bonds. The predicted octanol–water partition coefficient (Wildman–Crippen LogP) is 1.74. The van der Waals surface area contributed by atoms with Gasteiger partial charge in [-0.25, -0.2) is 9.50 Å². The van der Waals surface area contributed by atoms with Crippen LogP contribution in [0.25, 0.3) is 5.65 Å². The summed E-state index contributed by atoms with van der Waals surface area (Å²) in [5.41, 5.74) is 1.93. The lowest BCUT2D eigenvalue weighted by Gasteiger charge is -2.35. The molecule has 0 unspecified atom stereocenters. The molecule has 8 heteroatoms. The highest BCUT2D eigenvalue weighted by Gasteiger charge is 2.22. The second-order valence-corrected chi connectivity index (χ2v) is 6.98. The fourth-order valence-electron chi connectivity index (χ4n) is 3.66. The quantitative estimate of drug-likeness (QED) is 0.688. The van der Waals surface area contributed by atoms with Crippen molar-refractivity contribution in [3.05, 3.63) is 48.3 Å². The summed E-state index contributed by atoms with van der Waals surface area (Å²) in [7, 11) is 0. The standard InChI is InChI=1S/C20H21N5O3/c26-20(6-2-15-1-3-16-17(13-15)28-14-27-16)24-11-9-23(10-12-24)19-5-4-18-21-7-8-25(18)22-19/h1,3-5,7-8,13H,2,6,9-12,14H2. The molecule has 2 aliphatic heterocycles. The number of aryl methyl sites for hydroxylation is 1. The van der Waals surface area contributed by atoms with Crippen LogP contribution in [0.2, 0.25) is 0 Å². The number of hydrogen-bond acceptors (Lipinski definition) is 6. The third-order valence-corrected chi connectivity index (χ3v) is 5.26. The molecule has 0 atom stereocenters. The molecule has 2 aromatic heterocycles. The highest BCUT2D eigenvalue weighted by Crippen LogP contribution is 2.32. The van der Waals surface area contributed by atoms with E-state index in [1.165, 1.54) is 0 Å². The average molecular weight is 379 g/mol. The van der Waals surface area contributed by atoms with Gasteiger partial charge in [-0.05, 0) is 36.2 Å². The van der Waals surface area contributed by atoms with Gasteiger partial charge in [0.25, 0.3) is 0 Å². The zero-order valence-electron chi connectivity index (χ0n) is 15.5. The summed E-state index contributed by atoms with van der Waals surface area (Å²) in [6, 6.07) is 9.82. The van der Waals surface area contributed by atoms with Crippen molar-refractivity contribution in [1.82, 2.24) is 19.5 Å². The Kier molecular flexibility index (Phi) is 4.23. The number of carbonyl (C=O) groups excluding carboxylic acids is 1. The lowest BCUT2D eigenvalue weighted by molar-refractivity contribution is -0.131. The lowest BCUT2D eigenvalue weighted by atomic mass is 10.1. The smallest absolute Gasteiger partial charge is 0.231 e. The van der Waals surface area contributed by atoms with Crippen LogP contribution in [0.4, 0.5) is 5.82 Å². The Balaban J connectivity index is 1.15. The first-order valence-electron chi connectivity index (χ1n) is 9.48. The molecule has 0 aliphatic carbocycles. The minimum Gasteiger partial charge on any atom is -0.454 e. The van der Waals surface area contributed by atoms with Crippen LogP contribution in [-0.4, -0.2) is 58.4 Å². The summed E-state index contributed by atoms with van der Waals surface area (Å²) < 4.78 is 12.5. The van der Waals surface area contributed by atoms with Gasteiger partial charge in [0.2, 0.25) is 12.7 Å². The van der Waals surface area contributed by atoms with Crippen LogP contribution in [-0.2, 0) is 11.2 Å². The molecular weight excluding hydrogens is 358 g/mol. The molecule has 0 spiro atoms. The van der Waals surface area contributed by atoms with Gasteiger partial charge >= 0.3 is 0 Å². The number of amides is 1. The van der Waals surface area contributed by atoms with E-state index < -0.39 is 0 Å². The Hall–Kier alpha value is -3.29. The van der Waals surface area contributed by atoms with E-state index in [-0.39, 0.29) is 12.7 Å². The van der Waals surface area contributed by atoms with Crippen molar-refractivity contribution in [2.75, 3.05) is 37.9 Å². The summed E-state index contributed by atoms with van der Waals surface area (Å²) >= 11 is 0. The zero-order chi connectivity index (χ0) is 18.9. The lowest BCUT2D eigenvalue weighted by Crippen LogP contribution is -2.49. The second-order valence-electron chi connectivity index (χ2n) is 6.98. The summed E-state index contributed by atoms with van der Waals surface area (Å²) in [6.07, 6.45) is 4.78. The summed E-state index contributed by atoms with van der Waals surface area (Å²) in [5, 5.41) is 4.59. The number of ether oxygens (including phenoxy) is 2. The Morgan fingerprint density at radius 2 is 1.89 bits per heavy atom. The Bertz CT molecular complexity index is 1010. The molecule has 1 saturated heterocycles. The van der Waals surface area contributed by atoms with Crippen LogP contribution in [0.3, 0.4) is 0 Å². The second kappa shape index (κ2) is 7.03. The first-order chi connectivity index (χ1) is 13.8. The maximum atomic E-state index is 12.6. The molecule has 3 aromatic rings. The monoisotopic (exact) mass is 379 g/mol. The third kappa shape index (κ3) is 3.21. The number of rotatable bonds is 4. The largest absolute Gasteiger partial charge is 0.454 e. The van der Waals surface area contributed by atoms with E-state index in [1.54, 1.807) is 10.7 Å². The zero-order valence-corrected chi connectivity index (χ0v) is 15.5. The van der Waals surface area contributed by atoms with Crippen LogP contribution < -0.4 is 14.4 Å². The highest BCUT2D eigenvalue weighted by atomic mass is 16.7. The molecule has 28 heavy (non-hydrogen) atoms. The van der Waals surface area contributed by atoms with Gasteiger partial charge in [-0.1, -0.05) is 6.07 Å². The number of piperazine rings is 1. The van der Waals surface area contributed by atoms with Gasteiger partial charge in [0.15, 0.2) is 17.1 Å². The number of imidazole rings is 1. The van der Waals surface area contributed by atoms with Crippen LogP contribution in [0, 0.1) is 0 Å². The third-order valence-electron chi connectivity index (χ3n) is 5.26. The summed E-state index contributed by atoms with van der Waals surface area (Å²) in [4.78, 5) is 21.0. The molecule has 0 radical (unpaired) electrons. The number of nitrogens with zero attached hydrogens (tertiary/aromatic N) is 5. The fourth-order valence-corrected chi connectivity index (χ4v) is 3.66. The van der Waals surface area contributed by atoms with Crippen LogP contribution >= 0.6 is 0 Å². The molecule has 4 heterocycles. The molecule has 0 N–H and O–H groups in total. The SMILES string of the molecule is O=C(CCc1ccc2c(c1)OCO2)N1CCN(c2ccc3nccn3n2)CC1. The van der Waals surface area contributed by atoms with Gasteiger partial charge in [-0.15, -0.1) is 5.10 Å². The maximum absolute atomic E-state index is 12.6. The molecular formula is C20H21N5O3. The van der Waals surface area contributed by atoms with Crippen LogP contribution in [0.5, 0.6) is 11.5 Å². The van der Waals surface area contributed by atoms with Gasteiger partial charge < -0.3 is 19.3 Å². The number of fused-ring (bicyclic) bond motifs is 2. The number of hydrogen-bond donors (Lipinski definition) is 0. The Labute approximate surface area is 162 Å². The topological polar surface area (TPSA) is 72.2 Å². The first-order valence-corrected chi connectivity index (χ1v) is 9.48. The highest BCUT2D eigenvalue weighted by molar-refractivity contribution is 5.76. The van der Waals surface area contributed by atoms with Gasteiger partial charge in [0, 0.05) is 45.0 Å². The van der Waals surface area contributed by atoms with Crippen molar-refractivity contribution in [2.45, 2.75) is 12.8 Å². The number of carbonyl (C=O) groups is 1. The van der Waals surface area contributed by atoms with E-state index in [4.69, 9.17) is 9.47 Å². The maximum Gasteiger partial charge on any atom is 0.231 e. The van der Waals surface area contributed by atoms with Crippen molar-refractivity contribution in [1.29, 1.82) is 0 Å². The Morgan fingerprint density at radius 1 is 1.04 bits per heavy atom. The number of aromatic nitrogens is 3. The summed E-state index contributed by atoms with van der Waals surface area (Å²) in [5.74, 6) is 2.64. The van der Waals surface area contributed by atoms with Crippen molar-refractivity contribution < 1.29 is 14.3 Å². The Morgan fingerprint density at radius 3 is 2.79 bits per heavy atom. The fraction of sp³-hybridized carbons (Fsp3) is 0.350. The van der Waals surface area contributed by atoms with E-state index in [9.17, 15) is 4.79 Å². The van der Waals surface area contributed by atoms with E-state index in [0.717, 1.165) is 41.6 Å². The van der Waals surface area contributed by atoms with Gasteiger partial charge in [-0.3, -0.25) is 4.79 Å². The number of benzene rings is 1. The van der Waals surface area contributed by atoms with Crippen molar-refractivity contribution >= 4 is 17.4 Å². The molecule has 1 fully saturated rings. The molecule has 5 rings (SSSR count). The number of anilines is 1. The van der Waals surface area contributed by atoms with Crippen molar-refractivity contribution in [3.63, 3.8) is 0 Å². The first kappa shape index (κ1) is 16.9. The van der Waals surface area contributed by atoms with Crippen LogP contribution in [0.15, 0.2) is 42.7 Å². The van der Waals surface area contributed by atoms with Crippen molar-refractivity contribution in [3.8, 4) is 11.5 Å². The van der Waals surface area contributed by atoms with Gasteiger partial charge in [-0.2, -0.15) is 0 Å². The average Bonchev–Trinajstić information content (AvgIpc) is 3.40. The molecule has 8 nitrogen and oxygen atoms in total. The molecule has 144 valence electrons. The minimum absolute atomic E-state index is 0.190. The molecule has 1 aromatic carbocycles. The normalized spacial score (nSPS) is 16.0. The van der Waals surface area contributed by atoms with Crippen molar-refractivity contribution in [2.24, 2.45) is 0 Å². The van der Waals surface area contributed by atoms with E-state index >= 15 is 0 Å².